The van der Waals surface area contributed by atoms with E-state index in [0.29, 0.717) is 11.8 Å². The molecular formula is C17H30O3. The molecule has 1 spiro atoms. The molecule has 0 bridgehead atoms. The fourth-order valence-corrected chi connectivity index (χ4v) is 4.63. The van der Waals surface area contributed by atoms with E-state index in [1.807, 2.05) is 0 Å². The molecule has 4 atom stereocenters. The second-order valence-corrected chi connectivity index (χ2v) is 7.23. The predicted molar refractivity (Wildman–Crippen MR) is 78.6 cm³/mol. The van der Waals surface area contributed by atoms with Gasteiger partial charge in [-0.15, -0.1) is 0 Å². The van der Waals surface area contributed by atoms with Crippen LogP contribution in [0.5, 0.6) is 0 Å². The van der Waals surface area contributed by atoms with Gasteiger partial charge in [0.1, 0.15) is 0 Å². The van der Waals surface area contributed by atoms with E-state index in [1.165, 1.54) is 25.7 Å². The molecule has 2 aliphatic heterocycles. The Labute approximate surface area is 123 Å². The summed E-state index contributed by atoms with van der Waals surface area (Å²) in [5, 5.41) is 10.8. The van der Waals surface area contributed by atoms with Gasteiger partial charge in [0.05, 0.1) is 11.7 Å². The lowest BCUT2D eigenvalue weighted by Gasteiger charge is -2.45. The standard InChI is InChI=1S/C17H30O3/c1-2-13-3-4-14(11-13)16(18)15-5-8-20-17(12-15)6-9-19-10-7-17/h13-16,18H,2-12H2,1H3. The third kappa shape index (κ3) is 3.05. The van der Waals surface area contributed by atoms with Crippen LogP contribution in [0.15, 0.2) is 0 Å². The Morgan fingerprint density at radius 1 is 1.10 bits per heavy atom. The number of aliphatic hydroxyl groups is 1. The summed E-state index contributed by atoms with van der Waals surface area (Å²) >= 11 is 0. The summed E-state index contributed by atoms with van der Waals surface area (Å²) in [6.45, 7) is 4.75. The molecule has 0 amide bonds. The van der Waals surface area contributed by atoms with Crippen LogP contribution in [-0.4, -0.2) is 36.6 Å². The fourth-order valence-electron chi connectivity index (χ4n) is 4.63. The zero-order valence-corrected chi connectivity index (χ0v) is 12.9. The van der Waals surface area contributed by atoms with Gasteiger partial charge in [-0.25, -0.2) is 0 Å². The number of hydrogen-bond donors (Lipinski definition) is 1. The average molecular weight is 282 g/mol. The summed E-state index contributed by atoms with van der Waals surface area (Å²) in [6.07, 6.45) is 9.07. The monoisotopic (exact) mass is 282 g/mol. The van der Waals surface area contributed by atoms with Crippen molar-refractivity contribution in [3.05, 3.63) is 0 Å². The Morgan fingerprint density at radius 2 is 1.90 bits per heavy atom. The van der Waals surface area contributed by atoms with Crippen LogP contribution in [0.3, 0.4) is 0 Å². The van der Waals surface area contributed by atoms with E-state index in [2.05, 4.69) is 6.92 Å². The van der Waals surface area contributed by atoms with E-state index < -0.39 is 0 Å². The van der Waals surface area contributed by atoms with Gasteiger partial charge in [0.2, 0.25) is 0 Å². The minimum atomic E-state index is -0.102. The molecule has 3 aliphatic rings. The van der Waals surface area contributed by atoms with Crippen molar-refractivity contribution in [3.8, 4) is 0 Å². The van der Waals surface area contributed by atoms with Crippen LogP contribution in [-0.2, 0) is 9.47 Å². The number of ether oxygens (including phenoxy) is 2. The van der Waals surface area contributed by atoms with Crippen LogP contribution in [0.1, 0.15) is 58.3 Å². The van der Waals surface area contributed by atoms with Crippen molar-refractivity contribution in [3.63, 3.8) is 0 Å². The van der Waals surface area contributed by atoms with Crippen molar-refractivity contribution < 1.29 is 14.6 Å². The van der Waals surface area contributed by atoms with E-state index in [0.717, 1.165) is 51.4 Å². The molecule has 3 fully saturated rings. The van der Waals surface area contributed by atoms with Crippen molar-refractivity contribution in [1.29, 1.82) is 0 Å². The normalized spacial score (nSPS) is 39.0. The number of rotatable bonds is 3. The SMILES string of the molecule is CCC1CCC(C(O)C2CCOC3(CCOCC3)C2)C1. The van der Waals surface area contributed by atoms with Gasteiger partial charge in [-0.2, -0.15) is 0 Å². The average Bonchev–Trinajstić information content (AvgIpc) is 2.96. The molecule has 3 heteroatoms. The van der Waals surface area contributed by atoms with Gasteiger partial charge in [-0.3, -0.25) is 0 Å². The van der Waals surface area contributed by atoms with Crippen LogP contribution >= 0.6 is 0 Å². The molecule has 3 nitrogen and oxygen atoms in total. The molecular weight excluding hydrogens is 252 g/mol. The molecule has 20 heavy (non-hydrogen) atoms. The maximum atomic E-state index is 10.8. The number of aliphatic hydroxyl groups excluding tert-OH is 1. The van der Waals surface area contributed by atoms with Gasteiger partial charge in [-0.05, 0) is 56.3 Å². The molecule has 1 N–H and O–H groups in total. The highest BCUT2D eigenvalue weighted by Crippen LogP contribution is 2.43. The summed E-state index contributed by atoms with van der Waals surface area (Å²) in [7, 11) is 0. The predicted octanol–water partition coefficient (Wildman–Crippen LogP) is 3.15. The van der Waals surface area contributed by atoms with Crippen molar-refractivity contribution in [2.75, 3.05) is 19.8 Å². The van der Waals surface area contributed by atoms with Gasteiger partial charge < -0.3 is 14.6 Å². The second-order valence-electron chi connectivity index (χ2n) is 7.23. The maximum absolute atomic E-state index is 10.8. The summed E-state index contributed by atoms with van der Waals surface area (Å²) in [4.78, 5) is 0. The van der Waals surface area contributed by atoms with Crippen LogP contribution in [0.2, 0.25) is 0 Å². The van der Waals surface area contributed by atoms with Gasteiger partial charge in [-0.1, -0.05) is 19.8 Å². The zero-order chi connectivity index (χ0) is 14.0. The van der Waals surface area contributed by atoms with Crippen molar-refractivity contribution in [2.45, 2.75) is 70.0 Å². The molecule has 0 aromatic heterocycles. The molecule has 0 aromatic rings. The highest BCUT2D eigenvalue weighted by atomic mass is 16.5. The lowest BCUT2D eigenvalue weighted by molar-refractivity contribution is -0.162. The second kappa shape index (κ2) is 6.33. The highest BCUT2D eigenvalue weighted by Gasteiger charge is 2.43. The van der Waals surface area contributed by atoms with Crippen molar-refractivity contribution in [1.82, 2.24) is 0 Å². The Hall–Kier alpha value is -0.120. The van der Waals surface area contributed by atoms with Crippen LogP contribution in [0.25, 0.3) is 0 Å². The van der Waals surface area contributed by atoms with Crippen molar-refractivity contribution >= 4 is 0 Å². The third-order valence-corrected chi connectivity index (χ3v) is 6.06. The molecule has 2 heterocycles. The van der Waals surface area contributed by atoms with Gasteiger partial charge in [0, 0.05) is 19.8 Å². The smallest absolute Gasteiger partial charge is 0.0730 e. The van der Waals surface area contributed by atoms with Gasteiger partial charge in [0.25, 0.3) is 0 Å². The molecule has 0 aromatic carbocycles. The Kier molecular flexibility index (Phi) is 4.68. The van der Waals surface area contributed by atoms with Gasteiger partial charge in [0.15, 0.2) is 0 Å². The lowest BCUT2D eigenvalue weighted by atomic mass is 9.75. The Morgan fingerprint density at radius 3 is 2.60 bits per heavy atom. The van der Waals surface area contributed by atoms with E-state index >= 15 is 0 Å². The maximum Gasteiger partial charge on any atom is 0.0730 e. The van der Waals surface area contributed by atoms with Crippen LogP contribution < -0.4 is 0 Å². The lowest BCUT2D eigenvalue weighted by Crippen LogP contribution is -2.47. The first-order valence-corrected chi connectivity index (χ1v) is 8.62. The quantitative estimate of drug-likeness (QED) is 0.864. The summed E-state index contributed by atoms with van der Waals surface area (Å²) in [6, 6.07) is 0. The molecule has 1 aliphatic carbocycles. The minimum Gasteiger partial charge on any atom is -0.393 e. The summed E-state index contributed by atoms with van der Waals surface area (Å²) < 4.78 is 11.6. The first kappa shape index (κ1) is 14.8. The molecule has 0 radical (unpaired) electrons. The molecule has 1 saturated carbocycles. The Balaban J connectivity index is 1.59. The topological polar surface area (TPSA) is 38.7 Å². The minimum absolute atomic E-state index is 0.0188. The zero-order valence-electron chi connectivity index (χ0n) is 12.9. The summed E-state index contributed by atoms with van der Waals surface area (Å²) in [5.41, 5.74) is 0.0188. The largest absolute Gasteiger partial charge is 0.393 e. The number of hydrogen-bond acceptors (Lipinski definition) is 3. The molecule has 2 saturated heterocycles. The van der Waals surface area contributed by atoms with Crippen molar-refractivity contribution in [2.24, 2.45) is 17.8 Å². The van der Waals surface area contributed by atoms with Crippen LogP contribution in [0, 0.1) is 17.8 Å². The molecule has 3 rings (SSSR count). The van der Waals surface area contributed by atoms with E-state index in [-0.39, 0.29) is 11.7 Å². The first-order valence-electron chi connectivity index (χ1n) is 8.62. The van der Waals surface area contributed by atoms with Gasteiger partial charge >= 0.3 is 0 Å². The van der Waals surface area contributed by atoms with E-state index in [1.54, 1.807) is 0 Å². The highest BCUT2D eigenvalue weighted by molar-refractivity contribution is 4.93. The molecule has 4 unspecified atom stereocenters. The Bertz CT molecular complexity index is 306. The fraction of sp³-hybridized carbons (Fsp3) is 1.00. The summed E-state index contributed by atoms with van der Waals surface area (Å²) in [5.74, 6) is 1.84. The van der Waals surface area contributed by atoms with E-state index in [9.17, 15) is 5.11 Å². The molecule has 116 valence electrons. The van der Waals surface area contributed by atoms with Crippen LogP contribution in [0.4, 0.5) is 0 Å². The van der Waals surface area contributed by atoms with E-state index in [4.69, 9.17) is 9.47 Å². The third-order valence-electron chi connectivity index (χ3n) is 6.06. The first-order chi connectivity index (χ1) is 9.72.